The van der Waals surface area contributed by atoms with E-state index in [9.17, 15) is 0 Å². The molecule has 1 heterocycles. The molecule has 0 atom stereocenters. The first-order valence-electron chi connectivity index (χ1n) is 5.34. The lowest BCUT2D eigenvalue weighted by Gasteiger charge is -2.04. The second-order valence-electron chi connectivity index (χ2n) is 3.87. The number of nitrogens with two attached hydrogens (primary N) is 1. The van der Waals surface area contributed by atoms with Gasteiger partial charge in [0.05, 0.1) is 13.6 Å². The predicted octanol–water partition coefficient (Wildman–Crippen LogP) is 1.01. The number of hydrogen-bond donors (Lipinski definition) is 2. The van der Waals surface area contributed by atoms with E-state index >= 15 is 0 Å². The van der Waals surface area contributed by atoms with Crippen molar-refractivity contribution in [2.24, 2.45) is 7.05 Å². The Bertz CT molecular complexity index is 444. The monoisotopic (exact) mass is 217 g/mol. The lowest BCUT2D eigenvalue weighted by atomic mass is 10.3. The molecule has 16 heavy (non-hydrogen) atoms. The number of aromatic nitrogens is 2. The van der Waals surface area contributed by atoms with Crippen molar-refractivity contribution < 1.29 is 4.57 Å². The number of hydrogen-bond acceptors (Lipinski definition) is 2. The maximum absolute atomic E-state index is 5.61. The van der Waals surface area contributed by atoms with Gasteiger partial charge in [0.2, 0.25) is 6.33 Å². The molecule has 1 aromatic heterocycles. The van der Waals surface area contributed by atoms with Crippen molar-refractivity contribution in [3.05, 3.63) is 43.0 Å². The summed E-state index contributed by atoms with van der Waals surface area (Å²) in [7, 11) is 2.02. The number of nitrogen functional groups attached to an aromatic ring is 1. The Morgan fingerprint density at radius 3 is 2.69 bits per heavy atom. The highest BCUT2D eigenvalue weighted by atomic mass is 15.1. The Kier molecular flexibility index (Phi) is 3.10. The van der Waals surface area contributed by atoms with Crippen molar-refractivity contribution >= 4 is 11.4 Å². The van der Waals surface area contributed by atoms with Gasteiger partial charge < -0.3 is 11.1 Å². The topological polar surface area (TPSA) is 46.9 Å². The van der Waals surface area contributed by atoms with Crippen LogP contribution in [0.3, 0.4) is 0 Å². The fourth-order valence-electron chi connectivity index (χ4n) is 1.56. The van der Waals surface area contributed by atoms with Gasteiger partial charge >= 0.3 is 0 Å². The van der Waals surface area contributed by atoms with Crippen molar-refractivity contribution in [3.63, 3.8) is 0 Å². The van der Waals surface area contributed by atoms with E-state index in [2.05, 4.69) is 22.4 Å². The van der Waals surface area contributed by atoms with Crippen molar-refractivity contribution in [1.82, 2.24) is 4.57 Å². The van der Waals surface area contributed by atoms with E-state index in [-0.39, 0.29) is 0 Å². The van der Waals surface area contributed by atoms with Gasteiger partial charge in [0, 0.05) is 11.4 Å². The Morgan fingerprint density at radius 1 is 1.31 bits per heavy atom. The van der Waals surface area contributed by atoms with Gasteiger partial charge in [-0.2, -0.15) is 0 Å². The molecular weight excluding hydrogens is 200 g/mol. The standard InChI is InChI=1S/C12H17N4/c1-15-8-9-16(10-15)7-6-14-12-4-2-11(13)3-5-12/h2-5,8-10,14H,6-7,13H2,1H3/q+1. The summed E-state index contributed by atoms with van der Waals surface area (Å²) in [5.74, 6) is 0. The Morgan fingerprint density at radius 2 is 2.06 bits per heavy atom. The van der Waals surface area contributed by atoms with E-state index in [1.165, 1.54) is 0 Å². The molecule has 1 aromatic carbocycles. The zero-order valence-corrected chi connectivity index (χ0v) is 9.43. The molecule has 0 unspecified atom stereocenters. The highest BCUT2D eigenvalue weighted by Gasteiger charge is 1.98. The van der Waals surface area contributed by atoms with Crippen molar-refractivity contribution in [1.29, 1.82) is 0 Å². The molecule has 0 aliphatic carbocycles. The molecule has 0 amide bonds. The molecule has 0 radical (unpaired) electrons. The molecule has 0 saturated heterocycles. The lowest BCUT2D eigenvalue weighted by molar-refractivity contribution is -0.671. The summed E-state index contributed by atoms with van der Waals surface area (Å²) in [5, 5.41) is 3.34. The highest BCUT2D eigenvalue weighted by molar-refractivity contribution is 5.50. The summed E-state index contributed by atoms with van der Waals surface area (Å²) in [6.45, 7) is 1.85. The van der Waals surface area contributed by atoms with E-state index < -0.39 is 0 Å². The van der Waals surface area contributed by atoms with E-state index in [1.807, 2.05) is 42.1 Å². The number of benzene rings is 1. The van der Waals surface area contributed by atoms with E-state index in [1.54, 1.807) is 0 Å². The van der Waals surface area contributed by atoms with E-state index in [0.717, 1.165) is 24.5 Å². The molecule has 84 valence electrons. The van der Waals surface area contributed by atoms with Gasteiger partial charge in [-0.25, -0.2) is 9.13 Å². The van der Waals surface area contributed by atoms with Gasteiger partial charge in [0.25, 0.3) is 0 Å². The van der Waals surface area contributed by atoms with E-state index in [0.29, 0.717) is 0 Å². The van der Waals surface area contributed by atoms with Crippen LogP contribution in [0.5, 0.6) is 0 Å². The van der Waals surface area contributed by atoms with Crippen LogP contribution in [0.15, 0.2) is 43.0 Å². The zero-order chi connectivity index (χ0) is 11.4. The fraction of sp³-hybridized carbons (Fsp3) is 0.250. The van der Waals surface area contributed by atoms with Crippen molar-refractivity contribution in [3.8, 4) is 0 Å². The average molecular weight is 217 g/mol. The minimum Gasteiger partial charge on any atom is -0.399 e. The molecule has 0 saturated carbocycles. The molecule has 0 spiro atoms. The first kappa shape index (κ1) is 10.5. The fourth-order valence-corrected chi connectivity index (χ4v) is 1.56. The zero-order valence-electron chi connectivity index (χ0n) is 9.43. The van der Waals surface area contributed by atoms with Crippen LogP contribution in [0.25, 0.3) is 0 Å². The number of anilines is 2. The third-order valence-electron chi connectivity index (χ3n) is 2.43. The van der Waals surface area contributed by atoms with Crippen LogP contribution in [0.4, 0.5) is 11.4 Å². The largest absolute Gasteiger partial charge is 0.399 e. The second kappa shape index (κ2) is 4.70. The quantitative estimate of drug-likeness (QED) is 0.593. The van der Waals surface area contributed by atoms with Gasteiger partial charge in [0.15, 0.2) is 0 Å². The smallest absolute Gasteiger partial charge is 0.243 e. The SMILES string of the molecule is C[n+]1ccn(CCNc2ccc(N)cc2)c1. The molecule has 3 N–H and O–H groups in total. The van der Waals surface area contributed by atoms with Crippen LogP contribution in [-0.4, -0.2) is 11.1 Å². The third kappa shape index (κ3) is 2.76. The van der Waals surface area contributed by atoms with Crippen molar-refractivity contribution in [2.45, 2.75) is 6.54 Å². The minimum absolute atomic E-state index is 0.794. The third-order valence-corrected chi connectivity index (χ3v) is 2.43. The molecular formula is C12H17N4+. The Balaban J connectivity index is 1.82. The second-order valence-corrected chi connectivity index (χ2v) is 3.87. The maximum Gasteiger partial charge on any atom is 0.243 e. The first-order valence-corrected chi connectivity index (χ1v) is 5.34. The average Bonchev–Trinajstić information content (AvgIpc) is 2.67. The summed E-state index contributed by atoms with van der Waals surface area (Å²) < 4.78 is 4.17. The van der Waals surface area contributed by atoms with Crippen LogP contribution in [-0.2, 0) is 13.6 Å². The Hall–Kier alpha value is -1.97. The minimum atomic E-state index is 0.794. The van der Waals surface area contributed by atoms with Crippen LogP contribution in [0.2, 0.25) is 0 Å². The van der Waals surface area contributed by atoms with Gasteiger partial charge in [-0.1, -0.05) is 0 Å². The molecule has 4 heteroatoms. The predicted molar refractivity (Wildman–Crippen MR) is 65.0 cm³/mol. The number of imidazole rings is 1. The Labute approximate surface area is 95.3 Å². The van der Waals surface area contributed by atoms with Gasteiger partial charge in [-0.3, -0.25) is 0 Å². The molecule has 4 nitrogen and oxygen atoms in total. The van der Waals surface area contributed by atoms with Gasteiger partial charge in [0.1, 0.15) is 18.9 Å². The summed E-state index contributed by atoms with van der Waals surface area (Å²) in [5.41, 5.74) is 7.51. The van der Waals surface area contributed by atoms with Crippen LogP contribution in [0, 0.1) is 0 Å². The molecule has 0 aliphatic heterocycles. The number of rotatable bonds is 4. The van der Waals surface area contributed by atoms with Crippen LogP contribution < -0.4 is 15.6 Å². The van der Waals surface area contributed by atoms with Crippen LogP contribution in [0.1, 0.15) is 0 Å². The molecule has 2 aromatic rings. The maximum atomic E-state index is 5.61. The summed E-state index contributed by atoms with van der Waals surface area (Å²) in [4.78, 5) is 0. The number of nitrogens with one attached hydrogen (secondary N) is 1. The summed E-state index contributed by atoms with van der Waals surface area (Å²) >= 11 is 0. The molecule has 0 fully saturated rings. The number of nitrogens with zero attached hydrogens (tertiary/aromatic N) is 2. The highest BCUT2D eigenvalue weighted by Crippen LogP contribution is 2.09. The van der Waals surface area contributed by atoms with Gasteiger partial charge in [-0.15, -0.1) is 0 Å². The number of aryl methyl sites for hydroxylation is 1. The van der Waals surface area contributed by atoms with Crippen LogP contribution >= 0.6 is 0 Å². The normalized spacial score (nSPS) is 10.3. The van der Waals surface area contributed by atoms with E-state index in [4.69, 9.17) is 5.73 Å². The van der Waals surface area contributed by atoms with Crippen molar-refractivity contribution in [2.75, 3.05) is 17.6 Å². The van der Waals surface area contributed by atoms with Gasteiger partial charge in [-0.05, 0) is 24.3 Å². The lowest BCUT2D eigenvalue weighted by Crippen LogP contribution is -2.24. The summed E-state index contributed by atoms with van der Waals surface area (Å²) in [6.07, 6.45) is 6.15. The first-order chi connectivity index (χ1) is 7.74. The summed E-state index contributed by atoms with van der Waals surface area (Å²) in [6, 6.07) is 7.78. The molecule has 0 bridgehead atoms. The molecule has 0 aliphatic rings. The molecule has 2 rings (SSSR count).